The molecule has 24 N–H and O–H groups in total. The maximum Gasteiger partial charge on any atom is 0.336 e. The summed E-state index contributed by atoms with van der Waals surface area (Å²) in [5.74, 6) is -5.86. The highest BCUT2D eigenvalue weighted by atomic mass is 16.8. The lowest BCUT2D eigenvalue weighted by Crippen LogP contribution is -2.70. The SMILES string of the molecule is C=CC(C)(O)CCC1OCC1C(=O)O[C@@H]1C(C)O[C@@H](O[C@](C)(C=C)CC/C=C(\CO)C(=O)O[C@H]2C[C@@]3(C(=O)O[C@@H]4OC(CO)[C@@H](O)[C@H](O)C4O[C@@H]4OC(C)[C@H](O[C@@H]5O[C@@H](CO)[C@H](O)[C@@H]5O)C(O[C@@H]5OC(CO)[C@@H](O)[C@H](O)C5O)[C@@H]4O)C(CC2(C)C)C2=CCC4[C@@]5(C)CC[C@H](O[C@@H]6OC(CO[C@@H]7OC(C)[C@H](O)[C@H](O)C7O[C@@H]7OC[C@@H](O)[C@H](O)C7O)[C@@H](O)[C@H](O)C6NC(C)=O)C(C)(C)C5CC[C@@]4(C)[C@]2(C)C[C@H]3O)C(O)[C@H]1O. The van der Waals surface area contributed by atoms with Gasteiger partial charge in [0.15, 0.2) is 56.2 Å². The van der Waals surface area contributed by atoms with Crippen molar-refractivity contribution < 1.29 is 227 Å². The molecular formula is C98H155NO46. The normalized spacial score (nSPS) is 49.0. The highest BCUT2D eigenvalue weighted by Gasteiger charge is 2.74. The van der Waals surface area contributed by atoms with Crippen LogP contribution in [0.2, 0.25) is 0 Å². The van der Waals surface area contributed by atoms with E-state index in [1.165, 1.54) is 45.9 Å². The lowest BCUT2D eigenvalue weighted by atomic mass is 9.33. The second-order valence-corrected chi connectivity index (χ2v) is 44.8. The molecular weight excluding hydrogens is 1930 g/mol. The van der Waals surface area contributed by atoms with Crippen LogP contribution in [0.4, 0.5) is 0 Å². The van der Waals surface area contributed by atoms with Crippen LogP contribution in [0.25, 0.3) is 0 Å². The molecule has 9 aliphatic heterocycles. The summed E-state index contributed by atoms with van der Waals surface area (Å²) < 4.78 is 116. The first kappa shape index (κ1) is 116. The fourth-order valence-electron chi connectivity index (χ4n) is 25.2. The fraction of sp³-hybridized carbons (Fsp3) is 0.878. The Morgan fingerprint density at radius 2 is 1.04 bits per heavy atom. The first-order valence-electron chi connectivity index (χ1n) is 50.4. The molecule has 4 saturated carbocycles. The summed E-state index contributed by atoms with van der Waals surface area (Å²) >= 11 is 0. The number of aliphatic hydroxyl groups excluding tert-OH is 22. The third kappa shape index (κ3) is 22.3. The van der Waals surface area contributed by atoms with Crippen LogP contribution in [0.1, 0.15) is 167 Å². The van der Waals surface area contributed by atoms with E-state index in [1.807, 2.05) is 6.92 Å². The van der Waals surface area contributed by atoms with E-state index in [2.05, 4.69) is 52.2 Å². The lowest BCUT2D eigenvalue weighted by molar-refractivity contribution is -0.390. The number of aliphatic hydroxyl groups is 23. The molecule has 47 heteroatoms. The maximum atomic E-state index is 16.9. The number of rotatable bonds is 34. The maximum absolute atomic E-state index is 16.9. The minimum Gasteiger partial charge on any atom is -0.458 e. The second kappa shape index (κ2) is 45.4. The monoisotopic (exact) mass is 2080 g/mol. The van der Waals surface area contributed by atoms with Crippen LogP contribution in [0.15, 0.2) is 48.6 Å². The van der Waals surface area contributed by atoms with Gasteiger partial charge in [0, 0.05) is 18.8 Å². The van der Waals surface area contributed by atoms with Crippen molar-refractivity contribution in [2.75, 3.05) is 46.2 Å². The van der Waals surface area contributed by atoms with Gasteiger partial charge in [-0.25, -0.2) is 4.79 Å². The summed E-state index contributed by atoms with van der Waals surface area (Å²) in [5.41, 5.74) is -8.80. The zero-order valence-electron chi connectivity index (χ0n) is 83.9. The van der Waals surface area contributed by atoms with Gasteiger partial charge in [-0.2, -0.15) is 0 Å². The van der Waals surface area contributed by atoms with Crippen LogP contribution in [-0.2, 0) is 109 Å². The molecule has 5 aliphatic carbocycles. The van der Waals surface area contributed by atoms with E-state index in [0.717, 1.165) is 5.57 Å². The predicted octanol–water partition coefficient (Wildman–Crippen LogP) is -5.82. The quantitative estimate of drug-likeness (QED) is 0.00938. The highest BCUT2D eigenvalue weighted by molar-refractivity contribution is 5.89. The van der Waals surface area contributed by atoms with Gasteiger partial charge in [0.25, 0.3) is 0 Å². The molecule has 52 atom stereocenters. The molecule has 0 bridgehead atoms. The van der Waals surface area contributed by atoms with E-state index in [-0.39, 0.29) is 56.1 Å². The molecule has 9 saturated heterocycles. The average Bonchev–Trinajstić information content (AvgIpc) is 1.15. The van der Waals surface area contributed by atoms with Gasteiger partial charge < -0.3 is 213 Å². The van der Waals surface area contributed by atoms with Gasteiger partial charge in [0.2, 0.25) is 12.2 Å². The van der Waals surface area contributed by atoms with Crippen LogP contribution < -0.4 is 5.32 Å². The molecule has 0 spiro atoms. The second-order valence-electron chi connectivity index (χ2n) is 44.8. The van der Waals surface area contributed by atoms with Crippen LogP contribution >= 0.6 is 0 Å². The van der Waals surface area contributed by atoms with Gasteiger partial charge in [-0.3, -0.25) is 14.4 Å². The van der Waals surface area contributed by atoms with E-state index in [0.29, 0.717) is 38.5 Å². The van der Waals surface area contributed by atoms with Crippen LogP contribution in [0.5, 0.6) is 0 Å². The molecule has 14 aliphatic rings. The number of carbonyl (C=O) groups excluding carboxylic acids is 4. The molecule has 19 unspecified atom stereocenters. The first-order valence-corrected chi connectivity index (χ1v) is 50.4. The van der Waals surface area contributed by atoms with Gasteiger partial charge >= 0.3 is 17.9 Å². The molecule has 0 aromatic carbocycles. The summed E-state index contributed by atoms with van der Waals surface area (Å²) in [7, 11) is 0. The fourth-order valence-corrected chi connectivity index (χ4v) is 25.2. The van der Waals surface area contributed by atoms with Crippen molar-refractivity contribution in [3.05, 3.63) is 48.6 Å². The number of hydrogen-bond acceptors (Lipinski definition) is 46. The first-order chi connectivity index (χ1) is 68.0. The zero-order valence-corrected chi connectivity index (χ0v) is 83.9. The Balaban J connectivity index is 0.741. The molecule has 0 aromatic rings. The minimum atomic E-state index is -2.29. The van der Waals surface area contributed by atoms with Crippen LogP contribution in [0, 0.1) is 56.2 Å². The van der Waals surface area contributed by atoms with Gasteiger partial charge in [-0.15, -0.1) is 13.2 Å². The van der Waals surface area contributed by atoms with Crippen molar-refractivity contribution in [1.29, 1.82) is 0 Å². The average molecular weight is 2080 g/mol. The number of nitrogens with one attached hydrogen (secondary N) is 1. The van der Waals surface area contributed by atoms with Gasteiger partial charge in [0.1, 0.15) is 170 Å². The van der Waals surface area contributed by atoms with Crippen LogP contribution in [-0.4, -0.2) is 457 Å². The van der Waals surface area contributed by atoms with Crippen molar-refractivity contribution in [2.45, 2.75) is 436 Å². The molecule has 47 nitrogen and oxygen atoms in total. The topological polar surface area (TPSA) is 721 Å². The molecule has 14 rings (SSSR count). The summed E-state index contributed by atoms with van der Waals surface area (Å²) in [6, 6.07) is -1.38. The number of allylic oxidation sites excluding steroid dienone is 3. The van der Waals surface area contributed by atoms with Gasteiger partial charge in [-0.05, 0) is 145 Å². The van der Waals surface area contributed by atoms with Crippen molar-refractivity contribution in [1.82, 2.24) is 5.32 Å². The molecule has 9 heterocycles. The van der Waals surface area contributed by atoms with Crippen molar-refractivity contribution in [3.63, 3.8) is 0 Å². The predicted molar refractivity (Wildman–Crippen MR) is 488 cm³/mol. The largest absolute Gasteiger partial charge is 0.458 e. The van der Waals surface area contributed by atoms with Crippen molar-refractivity contribution in [2.24, 2.45) is 56.2 Å². The Morgan fingerprint density at radius 3 is 1.66 bits per heavy atom. The third-order valence-corrected chi connectivity index (χ3v) is 34.7. The van der Waals surface area contributed by atoms with Crippen molar-refractivity contribution >= 4 is 23.8 Å². The standard InChI is InChI=1S/C98H155NO46/c1-16-93(11,126)26-22-48-44(36-127-48)81(124)139-75-40(4)132-87(73(121)69(75)117)145-94(12,17-2)25-18-19-43(32-100)80(123)137-57-31-98(90(125)144-89-79(68(116)62(110)50(34-102)135-89)143-86-74(122)77(141-85-72(120)66(114)61(109)49(33-101)133-85)76(41(5)131-86)140-84-71(119)63(111)51(35-103)134-84)46(29-91(57,7)8)45-20-21-54-95(13)27-24-56(92(9,10)53(95)23-28-96(54,14)97(45,15)30-55(98)106)138-82-58(99-42(6)104)65(113)64(112)52(136-82)38-129-88-78(67(115)59(107)39(3)130-88)142-83-70(118)60(108)47(105)37-128-83/h16-17,19-20,39-41,44,46-79,82-89,100-103,105-122,126H,1-2,18,21-38H2,3-15H3,(H,99,104)/b43-19+/t39?,40?,41?,44?,46?,47-,48?,49?,50?,51+,52?,53?,54?,55-,56+,57+,58?,59+,60+,61-,62-,63+,64-,65-,66+,67+,68+,69-,70?,71+,72?,73?,74+,75-,76+,77?,78?,79?,82+,83+,84+,85+,86+,87+,88-,89+,93?,94-,95+,96-,97-,98-/m1/s1. The third-order valence-electron chi connectivity index (χ3n) is 34.7. The van der Waals surface area contributed by atoms with Gasteiger partial charge in [0.05, 0.1) is 99.6 Å². The Labute approximate surface area is 839 Å². The number of hydrogen-bond donors (Lipinski definition) is 24. The number of esters is 3. The molecule has 828 valence electrons. The Hall–Kier alpha value is -4.72. The smallest absolute Gasteiger partial charge is 0.336 e. The number of ether oxygens (including phenoxy) is 19. The van der Waals surface area contributed by atoms with E-state index >= 15 is 9.59 Å². The Bertz CT molecular complexity index is 4470. The highest BCUT2D eigenvalue weighted by Crippen LogP contribution is 2.76. The molecule has 145 heavy (non-hydrogen) atoms. The zero-order chi connectivity index (χ0) is 106. The van der Waals surface area contributed by atoms with Crippen LogP contribution in [0.3, 0.4) is 0 Å². The number of carbonyl (C=O) groups is 4. The molecule has 0 aromatic heterocycles. The molecule has 0 radical (unpaired) electrons. The number of fused-ring (bicyclic) bond motifs is 7. The lowest BCUT2D eigenvalue weighted by Gasteiger charge is -2.72. The summed E-state index contributed by atoms with van der Waals surface area (Å²) in [6.07, 6.45) is -61.6. The Kier molecular flexibility index (Phi) is 36.2. The van der Waals surface area contributed by atoms with E-state index in [9.17, 15) is 127 Å². The summed E-state index contributed by atoms with van der Waals surface area (Å²) in [5, 5.41) is 262. The minimum absolute atomic E-state index is 0.0207. The van der Waals surface area contributed by atoms with Gasteiger partial charge in [-0.1, -0.05) is 78.3 Å². The van der Waals surface area contributed by atoms with E-state index in [1.54, 1.807) is 27.7 Å². The molecule has 1 amide bonds. The Morgan fingerprint density at radius 1 is 0.497 bits per heavy atom. The van der Waals surface area contributed by atoms with Crippen molar-refractivity contribution in [3.8, 4) is 0 Å². The van der Waals surface area contributed by atoms with E-state index in [4.69, 9.17) is 90.0 Å². The summed E-state index contributed by atoms with van der Waals surface area (Å²) in [4.78, 5) is 58.6. The molecule has 13 fully saturated rings. The van der Waals surface area contributed by atoms with E-state index < -0.39 is 383 Å². The number of amides is 1. The summed E-state index contributed by atoms with van der Waals surface area (Å²) in [6.45, 7) is 25.5.